The smallest absolute Gasteiger partial charge is 0.236 e. The molecule has 0 aromatic carbocycles. The number of rotatable bonds is 9. The highest BCUT2D eigenvalue weighted by molar-refractivity contribution is 7.98. The zero-order chi connectivity index (χ0) is 15.7. The molecular formula is C15H32N4OS. The molecule has 1 aliphatic rings. The number of nitrogens with zero attached hydrogens (tertiary/aromatic N) is 2. The molecule has 5 nitrogen and oxygen atoms in total. The molecule has 0 saturated carbocycles. The SMILES string of the molecule is CCN1CCN(CC(C)CNC(=O)[C@@H](N)CCSC)CC1. The minimum atomic E-state index is -0.363. The second-order valence-corrected chi connectivity index (χ2v) is 6.96. The molecule has 1 aliphatic heterocycles. The fourth-order valence-electron chi connectivity index (χ4n) is 2.58. The van der Waals surface area contributed by atoms with Crippen LogP contribution in [0.3, 0.4) is 0 Å². The van der Waals surface area contributed by atoms with Crippen molar-refractivity contribution >= 4 is 17.7 Å². The highest BCUT2D eigenvalue weighted by Gasteiger charge is 2.18. The van der Waals surface area contributed by atoms with Crippen molar-refractivity contribution in [3.8, 4) is 0 Å². The van der Waals surface area contributed by atoms with E-state index >= 15 is 0 Å². The third-order valence-corrected chi connectivity index (χ3v) is 4.72. The van der Waals surface area contributed by atoms with E-state index < -0.39 is 0 Å². The molecule has 0 spiro atoms. The van der Waals surface area contributed by atoms with Gasteiger partial charge in [0.1, 0.15) is 0 Å². The van der Waals surface area contributed by atoms with Gasteiger partial charge in [-0.2, -0.15) is 11.8 Å². The van der Waals surface area contributed by atoms with Crippen LogP contribution in [0.5, 0.6) is 0 Å². The lowest BCUT2D eigenvalue weighted by Crippen LogP contribution is -2.49. The topological polar surface area (TPSA) is 61.6 Å². The molecule has 1 fully saturated rings. The number of carbonyl (C=O) groups is 1. The molecule has 0 aliphatic carbocycles. The van der Waals surface area contributed by atoms with Crippen LogP contribution < -0.4 is 11.1 Å². The number of amides is 1. The first-order valence-electron chi connectivity index (χ1n) is 8.03. The summed E-state index contributed by atoms with van der Waals surface area (Å²) in [5.74, 6) is 1.40. The van der Waals surface area contributed by atoms with Crippen molar-refractivity contribution < 1.29 is 4.79 Å². The van der Waals surface area contributed by atoms with Gasteiger partial charge in [0.15, 0.2) is 0 Å². The highest BCUT2D eigenvalue weighted by Crippen LogP contribution is 2.05. The van der Waals surface area contributed by atoms with Crippen LogP contribution in [0, 0.1) is 5.92 Å². The third-order valence-electron chi connectivity index (χ3n) is 4.08. The Morgan fingerprint density at radius 3 is 2.48 bits per heavy atom. The number of nitrogens with two attached hydrogens (primary N) is 1. The van der Waals surface area contributed by atoms with E-state index in [0.717, 1.165) is 58.0 Å². The van der Waals surface area contributed by atoms with Crippen molar-refractivity contribution in [2.24, 2.45) is 11.7 Å². The molecule has 21 heavy (non-hydrogen) atoms. The molecule has 1 heterocycles. The van der Waals surface area contributed by atoms with E-state index in [1.165, 1.54) is 0 Å². The number of thioether (sulfide) groups is 1. The second kappa shape index (κ2) is 10.4. The Bertz CT molecular complexity index is 295. The average Bonchev–Trinajstić information content (AvgIpc) is 2.50. The summed E-state index contributed by atoms with van der Waals surface area (Å²) < 4.78 is 0. The van der Waals surface area contributed by atoms with Crippen LogP contribution in [-0.4, -0.2) is 79.6 Å². The number of nitrogens with one attached hydrogen (secondary N) is 1. The van der Waals surface area contributed by atoms with E-state index in [1.807, 2.05) is 6.26 Å². The van der Waals surface area contributed by atoms with Gasteiger partial charge in [0.25, 0.3) is 0 Å². The Hall–Kier alpha value is -0.300. The number of likely N-dealkylation sites (N-methyl/N-ethyl adjacent to an activating group) is 1. The first-order chi connectivity index (χ1) is 10.1. The Balaban J connectivity index is 2.16. The average molecular weight is 317 g/mol. The van der Waals surface area contributed by atoms with E-state index in [0.29, 0.717) is 5.92 Å². The maximum Gasteiger partial charge on any atom is 0.236 e. The van der Waals surface area contributed by atoms with E-state index in [1.54, 1.807) is 11.8 Å². The summed E-state index contributed by atoms with van der Waals surface area (Å²) in [5.41, 5.74) is 5.86. The first kappa shape index (κ1) is 18.7. The molecule has 0 aromatic heterocycles. The number of carbonyl (C=O) groups excluding carboxylic acids is 1. The fraction of sp³-hybridized carbons (Fsp3) is 0.933. The van der Waals surface area contributed by atoms with E-state index in [4.69, 9.17) is 5.73 Å². The van der Waals surface area contributed by atoms with Gasteiger partial charge >= 0.3 is 0 Å². The fourth-order valence-corrected chi connectivity index (χ4v) is 3.06. The molecule has 1 amide bonds. The van der Waals surface area contributed by atoms with Crippen molar-refractivity contribution in [1.82, 2.24) is 15.1 Å². The lowest BCUT2D eigenvalue weighted by Gasteiger charge is -2.35. The normalized spacial score (nSPS) is 20.2. The molecular weight excluding hydrogens is 284 g/mol. The highest BCUT2D eigenvalue weighted by atomic mass is 32.2. The first-order valence-corrected chi connectivity index (χ1v) is 9.43. The molecule has 1 unspecified atom stereocenters. The molecule has 6 heteroatoms. The van der Waals surface area contributed by atoms with Crippen LogP contribution in [0.1, 0.15) is 20.3 Å². The lowest BCUT2D eigenvalue weighted by atomic mass is 10.1. The number of piperazine rings is 1. The van der Waals surface area contributed by atoms with Gasteiger partial charge in [-0.3, -0.25) is 4.79 Å². The van der Waals surface area contributed by atoms with Gasteiger partial charge in [0.2, 0.25) is 5.91 Å². The van der Waals surface area contributed by atoms with E-state index in [9.17, 15) is 4.79 Å². The van der Waals surface area contributed by atoms with Gasteiger partial charge < -0.3 is 20.9 Å². The van der Waals surface area contributed by atoms with Crippen LogP contribution >= 0.6 is 11.8 Å². The van der Waals surface area contributed by atoms with Crippen LogP contribution in [0.4, 0.5) is 0 Å². The van der Waals surface area contributed by atoms with Crippen molar-refractivity contribution in [3.05, 3.63) is 0 Å². The Morgan fingerprint density at radius 2 is 1.90 bits per heavy atom. The maximum atomic E-state index is 11.9. The third kappa shape index (κ3) is 7.49. The summed E-state index contributed by atoms with van der Waals surface area (Å²) in [4.78, 5) is 16.8. The molecule has 124 valence electrons. The van der Waals surface area contributed by atoms with Gasteiger partial charge in [0, 0.05) is 39.3 Å². The van der Waals surface area contributed by atoms with Gasteiger partial charge in [-0.1, -0.05) is 13.8 Å². The minimum Gasteiger partial charge on any atom is -0.354 e. The number of hydrogen-bond acceptors (Lipinski definition) is 5. The van der Waals surface area contributed by atoms with Gasteiger partial charge in [0.05, 0.1) is 6.04 Å². The van der Waals surface area contributed by atoms with Crippen LogP contribution in [0.25, 0.3) is 0 Å². The Labute approximate surface area is 134 Å². The molecule has 0 aromatic rings. The van der Waals surface area contributed by atoms with Crippen LogP contribution in [-0.2, 0) is 4.79 Å². The van der Waals surface area contributed by atoms with Crippen molar-refractivity contribution in [2.45, 2.75) is 26.3 Å². The largest absolute Gasteiger partial charge is 0.354 e. The Morgan fingerprint density at radius 1 is 1.29 bits per heavy atom. The number of hydrogen-bond donors (Lipinski definition) is 2. The van der Waals surface area contributed by atoms with Gasteiger partial charge in [-0.15, -0.1) is 0 Å². The Kier molecular flexibility index (Phi) is 9.31. The lowest BCUT2D eigenvalue weighted by molar-refractivity contribution is -0.122. The summed E-state index contributed by atoms with van der Waals surface area (Å²) in [5, 5.41) is 2.99. The quantitative estimate of drug-likeness (QED) is 0.647. The summed E-state index contributed by atoms with van der Waals surface area (Å²) in [7, 11) is 0. The summed E-state index contributed by atoms with van der Waals surface area (Å²) in [6.45, 7) is 11.9. The minimum absolute atomic E-state index is 0.00768. The standard InChI is InChI=1S/C15H32N4OS/c1-4-18-6-8-19(9-7-18)12-13(2)11-17-15(20)14(16)5-10-21-3/h13-14H,4-12,16H2,1-3H3,(H,17,20)/t13?,14-/m0/s1. The van der Waals surface area contributed by atoms with Gasteiger partial charge in [-0.05, 0) is 30.9 Å². The summed E-state index contributed by atoms with van der Waals surface area (Å²) in [6, 6.07) is -0.363. The summed E-state index contributed by atoms with van der Waals surface area (Å²) >= 11 is 1.73. The molecule has 2 atom stereocenters. The monoisotopic (exact) mass is 316 g/mol. The zero-order valence-corrected chi connectivity index (χ0v) is 14.6. The predicted octanol–water partition coefficient (Wildman–Crippen LogP) is 0.457. The van der Waals surface area contributed by atoms with Crippen LogP contribution in [0.2, 0.25) is 0 Å². The molecule has 0 radical (unpaired) electrons. The molecule has 3 N–H and O–H groups in total. The summed E-state index contributed by atoms with van der Waals surface area (Å²) in [6.07, 6.45) is 2.78. The van der Waals surface area contributed by atoms with E-state index in [-0.39, 0.29) is 11.9 Å². The van der Waals surface area contributed by atoms with E-state index in [2.05, 4.69) is 29.0 Å². The predicted molar refractivity (Wildman–Crippen MR) is 91.7 cm³/mol. The van der Waals surface area contributed by atoms with Crippen molar-refractivity contribution in [1.29, 1.82) is 0 Å². The molecule has 1 rings (SSSR count). The van der Waals surface area contributed by atoms with Crippen molar-refractivity contribution in [3.63, 3.8) is 0 Å². The zero-order valence-electron chi connectivity index (χ0n) is 13.8. The van der Waals surface area contributed by atoms with Crippen LogP contribution in [0.15, 0.2) is 0 Å². The molecule has 0 bridgehead atoms. The van der Waals surface area contributed by atoms with Gasteiger partial charge in [-0.25, -0.2) is 0 Å². The van der Waals surface area contributed by atoms with Crippen molar-refractivity contribution in [2.75, 3.05) is 57.8 Å². The molecule has 1 saturated heterocycles. The second-order valence-electron chi connectivity index (χ2n) is 5.97. The maximum absolute atomic E-state index is 11.9.